The van der Waals surface area contributed by atoms with Gasteiger partial charge in [-0.1, -0.05) is 53.0 Å². The average molecular weight is 588 g/mol. The van der Waals surface area contributed by atoms with Gasteiger partial charge in [-0.2, -0.15) is 26.3 Å². The van der Waals surface area contributed by atoms with E-state index in [0.29, 0.717) is 18.9 Å². The Morgan fingerprint density at radius 2 is 1.62 bits per heavy atom. The third kappa shape index (κ3) is 6.72. The number of carbonyl (C=O) groups excluding carboxylic acids is 2. The van der Waals surface area contributed by atoms with E-state index < -0.39 is 58.4 Å². The highest BCUT2D eigenvalue weighted by Crippen LogP contribution is 2.43. The predicted molar refractivity (Wildman–Crippen MR) is 129 cm³/mol. The van der Waals surface area contributed by atoms with Crippen molar-refractivity contribution >= 4 is 52.7 Å². The second-order valence-electron chi connectivity index (χ2n) is 8.53. The number of alkyl halides is 6. The summed E-state index contributed by atoms with van der Waals surface area (Å²) in [5.74, 6) is -4.57. The quantitative estimate of drug-likeness (QED) is 0.257. The van der Waals surface area contributed by atoms with Gasteiger partial charge in [0.2, 0.25) is 11.8 Å². The minimum Gasteiger partial charge on any atom is -0.366 e. The summed E-state index contributed by atoms with van der Waals surface area (Å²) < 4.78 is 84.3. The number of allylic oxidation sites excluding steroid dienone is 1. The van der Waals surface area contributed by atoms with Gasteiger partial charge in [-0.25, -0.2) is 0 Å². The van der Waals surface area contributed by atoms with Crippen LogP contribution in [0.5, 0.6) is 0 Å². The van der Waals surface area contributed by atoms with Gasteiger partial charge < -0.3 is 11.1 Å². The Morgan fingerprint density at radius 1 is 1.05 bits per heavy atom. The standard InChI is InChI=1S/C24H19Cl3F6N2O2/c1-10(35-22(37)12-2-3-12)18-11(4-6-14(21(34)36)19(18)24(31,32)33)5-7-15(23(28,29)30)13-8-16(25)20(27)17(26)9-13/h4-10,12,15H,2-3H2,1H3,(H2,34,36)(H,35,37)/b7-5+/t10-,15?/m1/s1. The van der Waals surface area contributed by atoms with Crippen molar-refractivity contribution in [1.82, 2.24) is 5.32 Å². The lowest BCUT2D eigenvalue weighted by Crippen LogP contribution is -2.31. The molecule has 1 unspecified atom stereocenters. The minimum atomic E-state index is -5.11. The predicted octanol–water partition coefficient (Wildman–Crippen LogP) is 7.71. The van der Waals surface area contributed by atoms with Crippen molar-refractivity contribution < 1.29 is 35.9 Å². The first-order valence-electron chi connectivity index (χ1n) is 10.8. The van der Waals surface area contributed by atoms with Gasteiger partial charge in [-0.3, -0.25) is 9.59 Å². The minimum absolute atomic E-state index is 0.156. The maximum absolute atomic E-state index is 14.1. The summed E-state index contributed by atoms with van der Waals surface area (Å²) in [6.07, 6.45) is -7.39. The fourth-order valence-electron chi connectivity index (χ4n) is 3.87. The van der Waals surface area contributed by atoms with E-state index in [9.17, 15) is 35.9 Å². The molecule has 3 N–H and O–H groups in total. The van der Waals surface area contributed by atoms with E-state index in [-0.39, 0.29) is 26.5 Å². The molecule has 1 saturated carbocycles. The zero-order chi connectivity index (χ0) is 27.9. The van der Waals surface area contributed by atoms with Gasteiger partial charge in [0.05, 0.1) is 38.2 Å². The van der Waals surface area contributed by atoms with Crippen molar-refractivity contribution in [3.05, 3.63) is 73.2 Å². The number of primary amides is 1. The molecule has 37 heavy (non-hydrogen) atoms. The van der Waals surface area contributed by atoms with E-state index in [0.717, 1.165) is 30.3 Å². The molecule has 1 fully saturated rings. The summed E-state index contributed by atoms with van der Waals surface area (Å²) in [5, 5.41) is 1.81. The van der Waals surface area contributed by atoms with Crippen LogP contribution in [0.25, 0.3) is 6.08 Å². The van der Waals surface area contributed by atoms with Gasteiger partial charge in [0.25, 0.3) is 0 Å². The number of halogens is 9. The maximum atomic E-state index is 14.1. The first-order valence-corrected chi connectivity index (χ1v) is 11.9. The molecular formula is C24H19Cl3F6N2O2. The highest BCUT2D eigenvalue weighted by atomic mass is 35.5. The number of carbonyl (C=O) groups is 2. The lowest BCUT2D eigenvalue weighted by Gasteiger charge is -2.24. The van der Waals surface area contributed by atoms with Crippen LogP contribution < -0.4 is 11.1 Å². The number of rotatable bonds is 7. The zero-order valence-corrected chi connectivity index (χ0v) is 21.2. The molecule has 4 nitrogen and oxygen atoms in total. The van der Waals surface area contributed by atoms with Crippen LogP contribution in [0.1, 0.15) is 64.3 Å². The van der Waals surface area contributed by atoms with E-state index in [1.165, 1.54) is 6.92 Å². The fraction of sp³-hybridized carbons (Fsp3) is 0.333. The largest absolute Gasteiger partial charge is 0.417 e. The van der Waals surface area contributed by atoms with E-state index in [1.807, 2.05) is 0 Å². The van der Waals surface area contributed by atoms with Crippen LogP contribution in [0, 0.1) is 5.92 Å². The molecule has 2 aromatic carbocycles. The number of nitrogens with one attached hydrogen (secondary N) is 1. The topological polar surface area (TPSA) is 72.2 Å². The molecule has 0 radical (unpaired) electrons. The Kier molecular flexibility index (Phi) is 8.46. The smallest absolute Gasteiger partial charge is 0.366 e. The maximum Gasteiger partial charge on any atom is 0.417 e. The van der Waals surface area contributed by atoms with Crippen molar-refractivity contribution in [3.63, 3.8) is 0 Å². The first kappa shape index (κ1) is 29.1. The van der Waals surface area contributed by atoms with Gasteiger partial charge in [0.15, 0.2) is 0 Å². The Hall–Kier alpha value is -2.43. The SMILES string of the molecule is C[C@@H](NC(=O)C1CC1)c1c(/C=C/C(c2cc(Cl)c(Cl)c(Cl)c2)C(F)(F)F)ccc(C(N)=O)c1C(F)(F)F. The van der Waals surface area contributed by atoms with Crippen molar-refractivity contribution in [2.45, 2.75) is 44.1 Å². The first-order chi connectivity index (χ1) is 17.0. The number of nitrogens with two attached hydrogens (primary N) is 1. The molecule has 3 rings (SSSR count). The highest BCUT2D eigenvalue weighted by molar-refractivity contribution is 6.48. The van der Waals surface area contributed by atoms with Crippen molar-refractivity contribution in [3.8, 4) is 0 Å². The Labute approximate surface area is 222 Å². The Balaban J connectivity index is 2.19. The molecule has 0 aromatic heterocycles. The lowest BCUT2D eigenvalue weighted by molar-refractivity contribution is -0.140. The summed E-state index contributed by atoms with van der Waals surface area (Å²) in [7, 11) is 0. The summed E-state index contributed by atoms with van der Waals surface area (Å²) in [5.41, 5.74) is 1.54. The molecule has 2 atom stereocenters. The average Bonchev–Trinajstić information content (AvgIpc) is 3.60. The molecule has 0 aliphatic heterocycles. The molecule has 13 heteroatoms. The number of amides is 2. The molecule has 1 aliphatic carbocycles. The normalized spacial score (nSPS) is 16.1. The molecule has 2 aromatic rings. The molecule has 200 valence electrons. The van der Waals surface area contributed by atoms with Crippen LogP contribution in [0.15, 0.2) is 30.3 Å². The molecule has 0 heterocycles. The zero-order valence-electron chi connectivity index (χ0n) is 18.9. The van der Waals surface area contributed by atoms with Crippen molar-refractivity contribution in [1.29, 1.82) is 0 Å². The van der Waals surface area contributed by atoms with Crippen LogP contribution in [0.2, 0.25) is 15.1 Å². The monoisotopic (exact) mass is 586 g/mol. The van der Waals surface area contributed by atoms with E-state index in [4.69, 9.17) is 40.5 Å². The molecule has 0 bridgehead atoms. The van der Waals surface area contributed by atoms with Gasteiger partial charge in [0, 0.05) is 5.92 Å². The molecule has 1 aliphatic rings. The van der Waals surface area contributed by atoms with Gasteiger partial charge in [0.1, 0.15) is 0 Å². The fourth-order valence-corrected chi connectivity index (χ4v) is 4.48. The second-order valence-corrected chi connectivity index (χ2v) is 9.73. The lowest BCUT2D eigenvalue weighted by atomic mass is 9.89. The molecule has 0 saturated heterocycles. The van der Waals surface area contributed by atoms with Gasteiger partial charge >= 0.3 is 12.4 Å². The van der Waals surface area contributed by atoms with Crippen LogP contribution in [0.3, 0.4) is 0 Å². The Bertz CT molecular complexity index is 1230. The summed E-state index contributed by atoms with van der Waals surface area (Å²) in [6.45, 7) is 1.24. The van der Waals surface area contributed by atoms with Crippen molar-refractivity contribution in [2.75, 3.05) is 0 Å². The van der Waals surface area contributed by atoms with Gasteiger partial charge in [-0.15, -0.1) is 0 Å². The van der Waals surface area contributed by atoms with Crippen LogP contribution in [0.4, 0.5) is 26.3 Å². The van der Waals surface area contributed by atoms with Gasteiger partial charge in [-0.05, 0) is 54.7 Å². The van der Waals surface area contributed by atoms with E-state index in [1.54, 1.807) is 0 Å². The number of hydrogen-bond donors (Lipinski definition) is 2. The van der Waals surface area contributed by atoms with Crippen molar-refractivity contribution in [2.24, 2.45) is 11.7 Å². The summed E-state index contributed by atoms with van der Waals surface area (Å²) in [4.78, 5) is 24.1. The Morgan fingerprint density at radius 3 is 2.08 bits per heavy atom. The molecule has 0 spiro atoms. The third-order valence-electron chi connectivity index (χ3n) is 5.75. The van der Waals surface area contributed by atoms with Crippen LogP contribution >= 0.6 is 34.8 Å². The van der Waals surface area contributed by atoms with Crippen LogP contribution in [-0.4, -0.2) is 18.0 Å². The van der Waals surface area contributed by atoms with E-state index >= 15 is 0 Å². The molecule has 2 amide bonds. The number of hydrogen-bond acceptors (Lipinski definition) is 2. The number of benzene rings is 2. The van der Waals surface area contributed by atoms with Crippen LogP contribution in [-0.2, 0) is 11.0 Å². The second kappa shape index (κ2) is 10.7. The summed E-state index contributed by atoms with van der Waals surface area (Å²) in [6, 6.07) is 2.41. The third-order valence-corrected chi connectivity index (χ3v) is 6.95. The molecular weight excluding hydrogens is 569 g/mol. The summed E-state index contributed by atoms with van der Waals surface area (Å²) >= 11 is 17.6. The highest BCUT2D eigenvalue weighted by Gasteiger charge is 2.42. The van der Waals surface area contributed by atoms with E-state index in [2.05, 4.69) is 5.32 Å².